The Morgan fingerprint density at radius 2 is 2.15 bits per heavy atom. The van der Waals surface area contributed by atoms with Crippen molar-refractivity contribution >= 4 is 23.2 Å². The maximum Gasteiger partial charge on any atom is 0.238 e. The number of rotatable bonds is 5. The molecule has 0 aromatic heterocycles. The van der Waals surface area contributed by atoms with Crippen molar-refractivity contribution in [2.45, 2.75) is 25.7 Å². The minimum Gasteiger partial charge on any atom is -0.326 e. The van der Waals surface area contributed by atoms with E-state index in [2.05, 4.69) is 16.0 Å². The summed E-state index contributed by atoms with van der Waals surface area (Å²) in [5.41, 5.74) is 2.66. The molecule has 0 radical (unpaired) electrons. The number of fused-ring (bicyclic) bond motifs is 1. The van der Waals surface area contributed by atoms with Gasteiger partial charge in [-0.15, -0.1) is 0 Å². The number of carbonyl (C=O) groups excluding carboxylic acids is 2. The molecule has 2 amide bonds. The standard InChI is InChI=1S/C15H19N3O2/c19-14-6-4-11-3-5-12(7-13(11)18-14)17-15(20)9-16-8-10-1-2-10/h3,5,7,10,16H,1-2,4,6,8-9H2,(H,17,20)(H,18,19). The Balaban J connectivity index is 1.55. The Bertz CT molecular complexity index is 538. The van der Waals surface area contributed by atoms with Gasteiger partial charge in [-0.1, -0.05) is 6.07 Å². The van der Waals surface area contributed by atoms with E-state index in [1.54, 1.807) is 0 Å². The van der Waals surface area contributed by atoms with Crippen LogP contribution in [0.1, 0.15) is 24.8 Å². The van der Waals surface area contributed by atoms with Gasteiger partial charge >= 0.3 is 0 Å². The molecule has 0 atom stereocenters. The summed E-state index contributed by atoms with van der Waals surface area (Å²) in [6, 6.07) is 5.67. The zero-order valence-electron chi connectivity index (χ0n) is 11.4. The number of amides is 2. The predicted octanol–water partition coefficient (Wildman–Crippen LogP) is 1.51. The van der Waals surface area contributed by atoms with Gasteiger partial charge in [0.2, 0.25) is 11.8 Å². The maximum atomic E-state index is 11.8. The van der Waals surface area contributed by atoms with Gasteiger partial charge in [-0.2, -0.15) is 0 Å². The van der Waals surface area contributed by atoms with Gasteiger partial charge < -0.3 is 16.0 Å². The van der Waals surface area contributed by atoms with Gasteiger partial charge in [0.1, 0.15) is 0 Å². The van der Waals surface area contributed by atoms with E-state index < -0.39 is 0 Å². The van der Waals surface area contributed by atoms with Crippen molar-refractivity contribution in [3.8, 4) is 0 Å². The third kappa shape index (κ3) is 3.36. The average Bonchev–Trinajstić information content (AvgIpc) is 3.22. The van der Waals surface area contributed by atoms with E-state index >= 15 is 0 Å². The molecule has 5 nitrogen and oxygen atoms in total. The van der Waals surface area contributed by atoms with E-state index in [-0.39, 0.29) is 11.8 Å². The molecule has 0 saturated heterocycles. The number of benzene rings is 1. The quantitative estimate of drug-likeness (QED) is 0.761. The highest BCUT2D eigenvalue weighted by Crippen LogP contribution is 2.27. The largest absolute Gasteiger partial charge is 0.326 e. The second-order valence-corrected chi connectivity index (χ2v) is 5.54. The van der Waals surface area contributed by atoms with Gasteiger partial charge in [0.25, 0.3) is 0 Å². The molecule has 3 rings (SSSR count). The fraction of sp³-hybridized carbons (Fsp3) is 0.467. The topological polar surface area (TPSA) is 70.2 Å². The lowest BCUT2D eigenvalue weighted by Gasteiger charge is -2.17. The van der Waals surface area contributed by atoms with Gasteiger partial charge in [-0.05, 0) is 49.4 Å². The summed E-state index contributed by atoms with van der Waals surface area (Å²) in [6.07, 6.45) is 3.85. The fourth-order valence-corrected chi connectivity index (χ4v) is 2.37. The normalized spacial score (nSPS) is 17.3. The van der Waals surface area contributed by atoms with Crippen LogP contribution in [0, 0.1) is 5.92 Å². The average molecular weight is 273 g/mol. The monoisotopic (exact) mass is 273 g/mol. The first-order valence-electron chi connectivity index (χ1n) is 7.14. The van der Waals surface area contributed by atoms with E-state index in [1.807, 2.05) is 18.2 Å². The van der Waals surface area contributed by atoms with Gasteiger partial charge in [0, 0.05) is 17.8 Å². The number of anilines is 2. The van der Waals surface area contributed by atoms with Crippen LogP contribution in [0.3, 0.4) is 0 Å². The fourth-order valence-electron chi connectivity index (χ4n) is 2.37. The molecule has 1 saturated carbocycles. The molecular formula is C15H19N3O2. The highest BCUT2D eigenvalue weighted by Gasteiger charge is 2.20. The minimum atomic E-state index is -0.0484. The van der Waals surface area contributed by atoms with Crippen LogP contribution in [0.2, 0.25) is 0 Å². The van der Waals surface area contributed by atoms with Crippen molar-refractivity contribution in [2.75, 3.05) is 23.7 Å². The predicted molar refractivity (Wildman–Crippen MR) is 77.6 cm³/mol. The Labute approximate surface area is 118 Å². The lowest BCUT2D eigenvalue weighted by Crippen LogP contribution is -2.29. The molecule has 0 bridgehead atoms. The van der Waals surface area contributed by atoms with Crippen LogP contribution in [-0.4, -0.2) is 24.9 Å². The molecule has 0 unspecified atom stereocenters. The summed E-state index contributed by atoms with van der Waals surface area (Å²) in [5.74, 6) is 0.751. The van der Waals surface area contributed by atoms with Gasteiger partial charge in [-0.25, -0.2) is 0 Å². The van der Waals surface area contributed by atoms with E-state index in [9.17, 15) is 9.59 Å². The van der Waals surface area contributed by atoms with Crippen LogP contribution < -0.4 is 16.0 Å². The Morgan fingerprint density at radius 3 is 2.95 bits per heavy atom. The zero-order valence-corrected chi connectivity index (χ0v) is 11.4. The molecule has 0 spiro atoms. The van der Waals surface area contributed by atoms with Gasteiger partial charge in [-0.3, -0.25) is 9.59 Å². The summed E-state index contributed by atoms with van der Waals surface area (Å²) >= 11 is 0. The molecule has 1 fully saturated rings. The van der Waals surface area contributed by atoms with Crippen LogP contribution in [0.25, 0.3) is 0 Å². The van der Waals surface area contributed by atoms with Crippen LogP contribution >= 0.6 is 0 Å². The molecular weight excluding hydrogens is 254 g/mol. The molecule has 1 aromatic rings. The first-order valence-corrected chi connectivity index (χ1v) is 7.14. The summed E-state index contributed by atoms with van der Waals surface area (Å²) in [6.45, 7) is 1.26. The summed E-state index contributed by atoms with van der Waals surface area (Å²) in [4.78, 5) is 23.1. The third-order valence-electron chi connectivity index (χ3n) is 3.70. The molecule has 1 aliphatic carbocycles. The molecule has 2 aliphatic rings. The van der Waals surface area contributed by atoms with E-state index in [0.717, 1.165) is 35.8 Å². The number of carbonyl (C=O) groups is 2. The molecule has 1 aliphatic heterocycles. The molecule has 1 aromatic carbocycles. The first-order chi connectivity index (χ1) is 9.70. The summed E-state index contributed by atoms with van der Waals surface area (Å²) in [7, 11) is 0. The van der Waals surface area contributed by atoms with Crippen LogP contribution in [0.4, 0.5) is 11.4 Å². The highest BCUT2D eigenvalue weighted by molar-refractivity contribution is 5.96. The van der Waals surface area contributed by atoms with Gasteiger partial charge in [0.15, 0.2) is 0 Å². The third-order valence-corrected chi connectivity index (χ3v) is 3.70. The van der Waals surface area contributed by atoms with E-state index in [4.69, 9.17) is 0 Å². The second-order valence-electron chi connectivity index (χ2n) is 5.54. The van der Waals surface area contributed by atoms with E-state index in [0.29, 0.717) is 13.0 Å². The van der Waals surface area contributed by atoms with Crippen molar-refractivity contribution in [3.05, 3.63) is 23.8 Å². The Morgan fingerprint density at radius 1 is 1.30 bits per heavy atom. The van der Waals surface area contributed by atoms with Crippen LogP contribution in [0.15, 0.2) is 18.2 Å². The Hall–Kier alpha value is -1.88. The lowest BCUT2D eigenvalue weighted by molar-refractivity contribution is -0.116. The van der Waals surface area contributed by atoms with Crippen molar-refractivity contribution in [1.29, 1.82) is 0 Å². The maximum absolute atomic E-state index is 11.8. The number of hydrogen-bond donors (Lipinski definition) is 3. The lowest BCUT2D eigenvalue weighted by atomic mass is 10.0. The van der Waals surface area contributed by atoms with Crippen molar-refractivity contribution in [2.24, 2.45) is 5.92 Å². The van der Waals surface area contributed by atoms with Crippen molar-refractivity contribution in [1.82, 2.24) is 5.32 Å². The number of aryl methyl sites for hydroxylation is 1. The Kier molecular flexibility index (Phi) is 3.69. The van der Waals surface area contributed by atoms with Crippen LogP contribution in [0.5, 0.6) is 0 Å². The van der Waals surface area contributed by atoms with Gasteiger partial charge in [0.05, 0.1) is 6.54 Å². The molecule has 5 heteroatoms. The molecule has 1 heterocycles. The van der Waals surface area contributed by atoms with E-state index in [1.165, 1.54) is 12.8 Å². The van der Waals surface area contributed by atoms with Crippen molar-refractivity contribution < 1.29 is 9.59 Å². The number of nitrogens with one attached hydrogen (secondary N) is 3. The highest BCUT2D eigenvalue weighted by atomic mass is 16.2. The second kappa shape index (κ2) is 5.63. The SMILES string of the molecule is O=C(CNCC1CC1)Nc1ccc2c(c1)NC(=O)CC2. The number of hydrogen-bond acceptors (Lipinski definition) is 3. The van der Waals surface area contributed by atoms with Crippen LogP contribution in [-0.2, 0) is 16.0 Å². The van der Waals surface area contributed by atoms with Crippen molar-refractivity contribution in [3.63, 3.8) is 0 Å². The summed E-state index contributed by atoms with van der Waals surface area (Å²) in [5, 5.41) is 8.84. The summed E-state index contributed by atoms with van der Waals surface area (Å²) < 4.78 is 0. The smallest absolute Gasteiger partial charge is 0.238 e. The molecule has 106 valence electrons. The first kappa shape index (κ1) is 13.1. The minimum absolute atomic E-state index is 0.0343. The molecule has 3 N–H and O–H groups in total. The zero-order chi connectivity index (χ0) is 13.9. The molecule has 20 heavy (non-hydrogen) atoms.